The lowest BCUT2D eigenvalue weighted by Crippen LogP contribution is -2.47. The molecular weight excluding hydrogens is 723 g/mol. The van der Waals surface area contributed by atoms with Gasteiger partial charge in [-0.2, -0.15) is 13.2 Å². The van der Waals surface area contributed by atoms with Crippen LogP contribution in [0.3, 0.4) is 0 Å². The minimum atomic E-state index is -4.51. The molecule has 12 heteroatoms. The number of oxazole rings is 1. The van der Waals surface area contributed by atoms with Gasteiger partial charge in [0.15, 0.2) is 5.58 Å². The molecule has 0 spiro atoms. The lowest BCUT2D eigenvalue weighted by atomic mass is 9.76. The number of fused-ring (bicyclic) bond motifs is 3. The van der Waals surface area contributed by atoms with E-state index >= 15 is 0 Å². The van der Waals surface area contributed by atoms with Gasteiger partial charge in [-0.15, -0.1) is 0 Å². The molecule has 1 fully saturated rings. The molecule has 1 N–H and O–H groups in total. The number of carboxylic acid groups (broad SMARTS) is 1. The van der Waals surface area contributed by atoms with Crippen molar-refractivity contribution in [2.75, 3.05) is 26.7 Å². The minimum absolute atomic E-state index is 0.187. The van der Waals surface area contributed by atoms with Gasteiger partial charge in [-0.1, -0.05) is 97.1 Å². The summed E-state index contributed by atoms with van der Waals surface area (Å²) in [6.07, 6.45) is -5.23. The van der Waals surface area contributed by atoms with Crippen LogP contribution in [0.1, 0.15) is 52.8 Å². The first-order chi connectivity index (χ1) is 27.0. The summed E-state index contributed by atoms with van der Waals surface area (Å²) in [5.74, 6) is 0.106. The summed E-state index contributed by atoms with van der Waals surface area (Å²) in [7, 11) is 1.45. The number of ether oxygens (including phenoxy) is 2. The van der Waals surface area contributed by atoms with E-state index in [2.05, 4.69) is 0 Å². The summed E-state index contributed by atoms with van der Waals surface area (Å²) >= 11 is 0. The second-order valence-electron chi connectivity index (χ2n) is 14.4. The Balaban J connectivity index is 1.32. The van der Waals surface area contributed by atoms with E-state index < -0.39 is 42.2 Å². The average Bonchev–Trinajstić information content (AvgIpc) is 3.81. The van der Waals surface area contributed by atoms with Crippen LogP contribution in [0, 0.1) is 0 Å². The molecule has 0 radical (unpaired) electrons. The maximum absolute atomic E-state index is 14.6. The van der Waals surface area contributed by atoms with E-state index in [1.165, 1.54) is 16.9 Å². The number of likely N-dealkylation sites (tertiary alicyclic amines) is 1. The normalized spacial score (nSPS) is 18.9. The highest BCUT2D eigenvalue weighted by Crippen LogP contribution is 2.47. The maximum atomic E-state index is 14.6. The topological polar surface area (TPSA) is 97.4 Å². The Morgan fingerprint density at radius 2 is 1.45 bits per heavy atom. The number of halogens is 3. The Bertz CT molecular complexity index is 2320. The summed E-state index contributed by atoms with van der Waals surface area (Å²) in [6.45, 7) is 1.10. The zero-order valence-corrected chi connectivity index (χ0v) is 30.8. The molecular formula is C44H40F3N3O6. The number of hydrogen-bond acceptors (Lipinski definition) is 6. The van der Waals surface area contributed by atoms with E-state index in [0.717, 1.165) is 16.7 Å². The molecule has 0 bridgehead atoms. The molecule has 1 unspecified atom stereocenters. The van der Waals surface area contributed by atoms with Crippen LogP contribution in [0.4, 0.5) is 18.0 Å². The van der Waals surface area contributed by atoms with E-state index in [9.17, 15) is 27.9 Å². The van der Waals surface area contributed by atoms with Crippen molar-refractivity contribution in [3.8, 4) is 11.5 Å². The third-order valence-corrected chi connectivity index (χ3v) is 11.1. The molecule has 6 aromatic rings. The van der Waals surface area contributed by atoms with Gasteiger partial charge in [-0.05, 0) is 53.8 Å². The van der Waals surface area contributed by atoms with E-state index in [-0.39, 0.29) is 19.1 Å². The van der Waals surface area contributed by atoms with Crippen molar-refractivity contribution in [1.82, 2.24) is 14.4 Å². The van der Waals surface area contributed by atoms with Crippen molar-refractivity contribution in [1.29, 1.82) is 0 Å². The predicted octanol–water partition coefficient (Wildman–Crippen LogP) is 8.47. The van der Waals surface area contributed by atoms with Crippen LogP contribution in [0.5, 0.6) is 11.5 Å². The van der Waals surface area contributed by atoms with Gasteiger partial charge in [-0.3, -0.25) is 9.47 Å². The van der Waals surface area contributed by atoms with Crippen LogP contribution < -0.4 is 15.2 Å². The fourth-order valence-electron chi connectivity index (χ4n) is 8.69. The SMILES string of the molecule is COc1cc(OC2CCN(C(=O)O)C2)ccc1[C@@H]1c2ccc3c(oc(=O)n3C(c3ccccc3)(c3ccccc3)c3ccccc3)c2C[C@@H](C)N1CC(F)(F)F. The van der Waals surface area contributed by atoms with Gasteiger partial charge >= 0.3 is 18.0 Å². The van der Waals surface area contributed by atoms with Crippen molar-refractivity contribution in [2.24, 2.45) is 0 Å². The molecule has 1 saturated heterocycles. The Morgan fingerprint density at radius 1 is 0.857 bits per heavy atom. The second-order valence-corrected chi connectivity index (χ2v) is 14.4. The van der Waals surface area contributed by atoms with Gasteiger partial charge in [-0.25, -0.2) is 9.59 Å². The first-order valence-corrected chi connectivity index (χ1v) is 18.5. The fraction of sp³-hybridized carbons (Fsp3) is 0.273. The second kappa shape index (κ2) is 14.6. The lowest BCUT2D eigenvalue weighted by molar-refractivity contribution is -0.155. The molecule has 3 heterocycles. The number of methoxy groups -OCH3 is 1. The summed E-state index contributed by atoms with van der Waals surface area (Å²) < 4.78 is 63.0. The van der Waals surface area contributed by atoms with E-state index in [1.54, 1.807) is 41.8 Å². The molecule has 3 atom stereocenters. The van der Waals surface area contributed by atoms with Crippen LogP contribution in [0.15, 0.2) is 131 Å². The first kappa shape index (κ1) is 36.9. The molecule has 1 aromatic heterocycles. The van der Waals surface area contributed by atoms with Crippen molar-refractivity contribution in [3.63, 3.8) is 0 Å². The van der Waals surface area contributed by atoms with Crippen LogP contribution in [-0.2, 0) is 12.0 Å². The number of rotatable bonds is 9. The van der Waals surface area contributed by atoms with Gasteiger partial charge in [0, 0.05) is 36.2 Å². The standard InChI is InChI=1S/C44H40F3N3O6/c1-28-24-36-34(39(49(28)27-43(45,46)47)35-19-18-32(25-38(35)54-2)55-33-22-23-48(26-33)41(51)52)20-21-37-40(36)56-42(53)50(37)44(29-12-6-3-7-13-29,30-14-8-4-9-15-30)31-16-10-5-11-17-31/h3-21,25,28,33,39H,22-24,26-27H2,1-2H3,(H,51,52)/t28-,33?,39+/m1/s1. The number of hydrogen-bond donors (Lipinski definition) is 1. The number of benzene rings is 5. The minimum Gasteiger partial charge on any atom is -0.496 e. The summed E-state index contributed by atoms with van der Waals surface area (Å²) in [5.41, 5.74) is 3.78. The Kier molecular flexibility index (Phi) is 9.61. The van der Waals surface area contributed by atoms with Crippen LogP contribution in [0.2, 0.25) is 0 Å². The Hall–Kier alpha value is -6.01. The van der Waals surface area contributed by atoms with Crippen molar-refractivity contribution in [3.05, 3.63) is 165 Å². The smallest absolute Gasteiger partial charge is 0.421 e. The van der Waals surface area contributed by atoms with E-state index in [4.69, 9.17) is 13.9 Å². The van der Waals surface area contributed by atoms with Crippen molar-refractivity contribution >= 4 is 17.2 Å². The molecule has 56 heavy (non-hydrogen) atoms. The van der Waals surface area contributed by atoms with Crippen molar-refractivity contribution in [2.45, 2.75) is 49.7 Å². The Labute approximate surface area is 321 Å². The van der Waals surface area contributed by atoms with Gasteiger partial charge in [0.1, 0.15) is 23.1 Å². The predicted molar refractivity (Wildman–Crippen MR) is 204 cm³/mol. The number of aromatic nitrogens is 1. The average molecular weight is 764 g/mol. The maximum Gasteiger partial charge on any atom is 0.421 e. The largest absolute Gasteiger partial charge is 0.496 e. The zero-order valence-electron chi connectivity index (χ0n) is 30.8. The first-order valence-electron chi connectivity index (χ1n) is 18.5. The number of alkyl halides is 3. The van der Waals surface area contributed by atoms with E-state index in [0.29, 0.717) is 52.3 Å². The molecule has 9 nitrogen and oxygen atoms in total. The summed E-state index contributed by atoms with van der Waals surface area (Å²) in [4.78, 5) is 28.7. The molecule has 0 saturated carbocycles. The number of amides is 1. The van der Waals surface area contributed by atoms with Gasteiger partial charge in [0.2, 0.25) is 0 Å². The molecule has 288 valence electrons. The molecule has 1 amide bonds. The van der Waals surface area contributed by atoms with Crippen LogP contribution in [-0.4, -0.2) is 70.6 Å². The molecule has 8 rings (SSSR count). The molecule has 2 aliphatic heterocycles. The quantitative estimate of drug-likeness (QED) is 0.148. The Morgan fingerprint density at radius 3 is 1.98 bits per heavy atom. The highest BCUT2D eigenvalue weighted by molar-refractivity contribution is 5.81. The summed E-state index contributed by atoms with van der Waals surface area (Å²) in [6, 6.07) is 36.2. The number of nitrogens with zero attached hydrogens (tertiary/aromatic N) is 3. The van der Waals surface area contributed by atoms with Crippen LogP contribution >= 0.6 is 0 Å². The number of carbonyl (C=O) groups is 1. The lowest BCUT2D eigenvalue weighted by Gasteiger charge is -2.43. The van der Waals surface area contributed by atoms with Crippen molar-refractivity contribution < 1.29 is 37.0 Å². The van der Waals surface area contributed by atoms with Gasteiger partial charge in [0.25, 0.3) is 0 Å². The van der Waals surface area contributed by atoms with E-state index in [1.807, 2.05) is 91.0 Å². The molecule has 5 aromatic carbocycles. The fourth-order valence-corrected chi connectivity index (χ4v) is 8.69. The highest BCUT2D eigenvalue weighted by atomic mass is 19.4. The third-order valence-electron chi connectivity index (χ3n) is 11.1. The third kappa shape index (κ3) is 6.47. The molecule has 0 aliphatic carbocycles. The highest BCUT2D eigenvalue weighted by Gasteiger charge is 2.45. The monoisotopic (exact) mass is 763 g/mol. The molecule has 2 aliphatic rings. The summed E-state index contributed by atoms with van der Waals surface area (Å²) in [5, 5.41) is 9.39. The van der Waals surface area contributed by atoms with Gasteiger partial charge < -0.3 is 23.9 Å². The van der Waals surface area contributed by atoms with Gasteiger partial charge in [0.05, 0.1) is 31.8 Å². The zero-order chi connectivity index (χ0) is 39.2. The van der Waals surface area contributed by atoms with Crippen LogP contribution in [0.25, 0.3) is 11.1 Å².